The summed E-state index contributed by atoms with van der Waals surface area (Å²) in [5.74, 6) is -0.985. The Labute approximate surface area is 233 Å². The van der Waals surface area contributed by atoms with Crippen molar-refractivity contribution in [2.45, 2.75) is 24.8 Å². The molecule has 0 saturated carbocycles. The molecule has 0 aromatic heterocycles. The maximum Gasteiger partial charge on any atom is 0.264 e. The molecule has 9 heteroatoms. The van der Waals surface area contributed by atoms with Gasteiger partial charge in [-0.1, -0.05) is 71.8 Å². The van der Waals surface area contributed by atoms with E-state index >= 15 is 0 Å². The monoisotopic (exact) mass is 561 g/mol. The third-order valence-corrected chi connectivity index (χ3v) is 8.14. The fraction of sp³-hybridized carbons (Fsp3) is 0.133. The maximum atomic E-state index is 13.6. The zero-order chi connectivity index (χ0) is 28.0. The standard InChI is InChI=1S/C30H28ClN3O4S/c1-21-12-18-26(19-13-21)39(37,38)34(25-16-14-24(31)15-17-25)20-29(35)33-28-11-7-6-10-27(28)30(36)32-22(2)23-8-4-3-5-9-23/h3-19,22H,20H2,1-2H3,(H,32,36)(H,33,35)/t22-/m0/s1. The number of para-hydroxylation sites is 1. The molecule has 4 aromatic carbocycles. The van der Waals surface area contributed by atoms with Crippen molar-refractivity contribution in [2.24, 2.45) is 0 Å². The van der Waals surface area contributed by atoms with Gasteiger partial charge in [0, 0.05) is 5.02 Å². The number of benzene rings is 4. The van der Waals surface area contributed by atoms with E-state index in [0.29, 0.717) is 5.02 Å². The highest BCUT2D eigenvalue weighted by Crippen LogP contribution is 2.26. The molecule has 0 radical (unpaired) electrons. The van der Waals surface area contributed by atoms with E-state index in [1.165, 1.54) is 24.3 Å². The largest absolute Gasteiger partial charge is 0.345 e. The minimum absolute atomic E-state index is 0.0468. The Morgan fingerprint density at radius 3 is 2.13 bits per heavy atom. The Hall–Kier alpha value is -4.14. The number of aryl methyl sites for hydroxylation is 1. The number of rotatable bonds is 9. The van der Waals surface area contributed by atoms with E-state index in [1.54, 1.807) is 48.5 Å². The van der Waals surface area contributed by atoms with Gasteiger partial charge in [-0.15, -0.1) is 0 Å². The first-order valence-corrected chi connectivity index (χ1v) is 14.1. The highest BCUT2D eigenvalue weighted by molar-refractivity contribution is 7.92. The highest BCUT2D eigenvalue weighted by Gasteiger charge is 2.28. The predicted molar refractivity (Wildman–Crippen MR) is 155 cm³/mol. The molecule has 0 fully saturated rings. The minimum Gasteiger partial charge on any atom is -0.345 e. The summed E-state index contributed by atoms with van der Waals surface area (Å²) in [6.45, 7) is 3.21. The number of sulfonamides is 1. The van der Waals surface area contributed by atoms with Gasteiger partial charge >= 0.3 is 0 Å². The SMILES string of the molecule is Cc1ccc(S(=O)(=O)N(CC(=O)Nc2ccccc2C(=O)N[C@@H](C)c2ccccc2)c2ccc(Cl)cc2)cc1. The van der Waals surface area contributed by atoms with E-state index in [1.807, 2.05) is 44.2 Å². The molecule has 0 saturated heterocycles. The van der Waals surface area contributed by atoms with Crippen LogP contribution in [0.4, 0.5) is 11.4 Å². The molecule has 7 nitrogen and oxygen atoms in total. The quantitative estimate of drug-likeness (QED) is 0.263. The van der Waals surface area contributed by atoms with Crippen LogP contribution in [0.15, 0.2) is 108 Å². The molecule has 1 atom stereocenters. The Morgan fingerprint density at radius 2 is 1.46 bits per heavy atom. The fourth-order valence-electron chi connectivity index (χ4n) is 3.97. The Kier molecular flexibility index (Phi) is 8.69. The first-order chi connectivity index (χ1) is 18.6. The third kappa shape index (κ3) is 6.85. The van der Waals surface area contributed by atoms with Crippen LogP contribution in [0.3, 0.4) is 0 Å². The Balaban J connectivity index is 1.57. The fourth-order valence-corrected chi connectivity index (χ4v) is 5.52. The van der Waals surface area contributed by atoms with Gasteiger partial charge in [0.1, 0.15) is 6.54 Å². The lowest BCUT2D eigenvalue weighted by Crippen LogP contribution is -2.38. The van der Waals surface area contributed by atoms with E-state index in [0.717, 1.165) is 15.4 Å². The normalized spacial score (nSPS) is 11.9. The van der Waals surface area contributed by atoms with Crippen LogP contribution in [0, 0.1) is 6.92 Å². The van der Waals surface area contributed by atoms with Gasteiger partial charge in [-0.25, -0.2) is 8.42 Å². The van der Waals surface area contributed by atoms with Crippen LogP contribution in [0.25, 0.3) is 0 Å². The van der Waals surface area contributed by atoms with Gasteiger partial charge < -0.3 is 10.6 Å². The lowest BCUT2D eigenvalue weighted by atomic mass is 10.1. The number of amides is 2. The number of anilines is 2. The smallest absolute Gasteiger partial charge is 0.264 e. The molecule has 0 heterocycles. The maximum absolute atomic E-state index is 13.6. The predicted octanol–water partition coefficient (Wildman–Crippen LogP) is 5.97. The van der Waals surface area contributed by atoms with E-state index < -0.39 is 22.5 Å². The van der Waals surface area contributed by atoms with E-state index in [4.69, 9.17) is 11.6 Å². The topological polar surface area (TPSA) is 95.6 Å². The van der Waals surface area contributed by atoms with Crippen molar-refractivity contribution in [1.29, 1.82) is 0 Å². The zero-order valence-electron chi connectivity index (χ0n) is 21.5. The lowest BCUT2D eigenvalue weighted by Gasteiger charge is -2.24. The van der Waals surface area contributed by atoms with Crippen molar-refractivity contribution >= 4 is 44.8 Å². The molecule has 2 N–H and O–H groups in total. The molecule has 4 aromatic rings. The molecule has 0 spiro atoms. The average Bonchev–Trinajstić information content (AvgIpc) is 2.93. The molecule has 0 unspecified atom stereocenters. The van der Waals surface area contributed by atoms with Crippen LogP contribution in [0.5, 0.6) is 0 Å². The summed E-state index contributed by atoms with van der Waals surface area (Å²) in [5, 5.41) is 6.09. The van der Waals surface area contributed by atoms with Crippen molar-refractivity contribution in [2.75, 3.05) is 16.2 Å². The van der Waals surface area contributed by atoms with Crippen LogP contribution in [-0.4, -0.2) is 26.8 Å². The first-order valence-electron chi connectivity index (χ1n) is 12.2. The zero-order valence-corrected chi connectivity index (χ0v) is 23.0. The number of nitrogens with one attached hydrogen (secondary N) is 2. The summed E-state index contributed by atoms with van der Waals surface area (Å²) in [6.07, 6.45) is 0. The van der Waals surface area contributed by atoms with Crippen LogP contribution in [-0.2, 0) is 14.8 Å². The molecular weight excluding hydrogens is 534 g/mol. The third-order valence-electron chi connectivity index (χ3n) is 6.10. The molecule has 0 aliphatic rings. The van der Waals surface area contributed by atoms with Crippen molar-refractivity contribution in [3.05, 3.63) is 125 Å². The van der Waals surface area contributed by atoms with Gasteiger partial charge in [-0.2, -0.15) is 0 Å². The summed E-state index contributed by atoms with van der Waals surface area (Å²) in [7, 11) is -4.09. The van der Waals surface area contributed by atoms with Crippen molar-refractivity contribution in [3.8, 4) is 0 Å². The molecule has 0 aliphatic carbocycles. The Morgan fingerprint density at radius 1 is 0.846 bits per heavy atom. The summed E-state index contributed by atoms with van der Waals surface area (Å²) in [6, 6.07) is 28.4. The minimum atomic E-state index is -4.09. The molecule has 0 bridgehead atoms. The number of halogens is 1. The van der Waals surface area contributed by atoms with Crippen LogP contribution < -0.4 is 14.9 Å². The molecule has 2 amide bonds. The second-order valence-electron chi connectivity index (χ2n) is 9.00. The van der Waals surface area contributed by atoms with Crippen LogP contribution in [0.2, 0.25) is 5.02 Å². The highest BCUT2D eigenvalue weighted by atomic mass is 35.5. The summed E-state index contributed by atoms with van der Waals surface area (Å²) in [5.41, 5.74) is 2.64. The molecule has 200 valence electrons. The average molecular weight is 562 g/mol. The Bertz CT molecular complexity index is 1560. The molecular formula is C30H28ClN3O4S. The number of hydrogen-bond acceptors (Lipinski definition) is 4. The lowest BCUT2D eigenvalue weighted by molar-refractivity contribution is -0.114. The van der Waals surface area contributed by atoms with Gasteiger partial charge in [0.25, 0.3) is 15.9 Å². The second-order valence-corrected chi connectivity index (χ2v) is 11.3. The molecule has 4 rings (SSSR count). The van der Waals surface area contributed by atoms with Gasteiger partial charge in [-0.05, 0) is 67.9 Å². The number of carbonyl (C=O) groups is 2. The summed E-state index contributed by atoms with van der Waals surface area (Å²) >= 11 is 6.02. The number of nitrogens with zero attached hydrogens (tertiary/aromatic N) is 1. The second kappa shape index (κ2) is 12.1. The molecule has 0 aliphatic heterocycles. The van der Waals surface area contributed by atoms with E-state index in [9.17, 15) is 18.0 Å². The van der Waals surface area contributed by atoms with E-state index in [-0.39, 0.29) is 33.8 Å². The first kappa shape index (κ1) is 27.9. The summed E-state index contributed by atoms with van der Waals surface area (Å²) < 4.78 is 28.2. The van der Waals surface area contributed by atoms with Crippen molar-refractivity contribution in [1.82, 2.24) is 5.32 Å². The van der Waals surface area contributed by atoms with Crippen molar-refractivity contribution < 1.29 is 18.0 Å². The number of carbonyl (C=O) groups excluding carboxylic acids is 2. The van der Waals surface area contributed by atoms with Gasteiger partial charge in [0.05, 0.1) is 27.9 Å². The number of hydrogen-bond donors (Lipinski definition) is 2. The molecule has 39 heavy (non-hydrogen) atoms. The van der Waals surface area contributed by atoms with Gasteiger partial charge in [-0.3, -0.25) is 13.9 Å². The summed E-state index contributed by atoms with van der Waals surface area (Å²) in [4.78, 5) is 26.4. The van der Waals surface area contributed by atoms with E-state index in [2.05, 4.69) is 10.6 Å². The van der Waals surface area contributed by atoms with Crippen LogP contribution >= 0.6 is 11.6 Å². The van der Waals surface area contributed by atoms with Gasteiger partial charge in [0.2, 0.25) is 5.91 Å². The van der Waals surface area contributed by atoms with Crippen molar-refractivity contribution in [3.63, 3.8) is 0 Å². The van der Waals surface area contributed by atoms with Crippen LogP contribution in [0.1, 0.15) is 34.5 Å². The van der Waals surface area contributed by atoms with Gasteiger partial charge in [0.15, 0.2) is 0 Å².